The van der Waals surface area contributed by atoms with E-state index in [0.29, 0.717) is 0 Å². The van der Waals surface area contributed by atoms with Gasteiger partial charge in [0.2, 0.25) is 0 Å². The molecule has 10 aliphatic carbocycles. The lowest BCUT2D eigenvalue weighted by Crippen LogP contribution is -2.79. The third kappa shape index (κ3) is 3.83. The van der Waals surface area contributed by atoms with Crippen molar-refractivity contribution in [3.63, 3.8) is 0 Å². The Bertz CT molecular complexity index is 1810. The smallest absolute Gasteiger partial charge is 0.310 e. The Morgan fingerprint density at radius 2 is 0.731 bits per heavy atom. The molecule has 0 aliphatic heterocycles. The Morgan fingerprint density at radius 3 is 1.04 bits per heavy atom. The van der Waals surface area contributed by atoms with Crippen molar-refractivity contribution in [3.05, 3.63) is 96.1 Å². The minimum Gasteiger partial charge on any atom is -0.469 e. The monoisotopic (exact) mass is 702 g/mol. The third-order valence-corrected chi connectivity index (χ3v) is 15.4. The summed E-state index contributed by atoms with van der Waals surface area (Å²) in [6, 6.07) is 21.3. The zero-order valence-electron chi connectivity index (χ0n) is 30.4. The molecule has 12 rings (SSSR count). The van der Waals surface area contributed by atoms with Crippen LogP contribution >= 0.6 is 0 Å². The van der Waals surface area contributed by atoms with Crippen LogP contribution in [-0.2, 0) is 38.1 Å². The van der Waals surface area contributed by atoms with Crippen LogP contribution in [0.3, 0.4) is 0 Å². The number of esters is 4. The zero-order valence-corrected chi connectivity index (χ0v) is 30.4. The molecule has 10 aliphatic rings. The normalized spacial score (nSPS) is 43.8. The van der Waals surface area contributed by atoms with Gasteiger partial charge in [0.15, 0.2) is 0 Å². The molecule has 0 radical (unpaired) electrons. The largest absolute Gasteiger partial charge is 0.469 e. The second kappa shape index (κ2) is 11.5. The second-order valence-corrected chi connectivity index (χ2v) is 16.6. The molecule has 0 heterocycles. The van der Waals surface area contributed by atoms with Crippen molar-refractivity contribution in [2.75, 3.05) is 28.4 Å². The maximum absolute atomic E-state index is 13.9. The summed E-state index contributed by atoms with van der Waals surface area (Å²) in [4.78, 5) is 55.1. The topological polar surface area (TPSA) is 105 Å². The van der Waals surface area contributed by atoms with Gasteiger partial charge in [0.25, 0.3) is 0 Å². The van der Waals surface area contributed by atoms with E-state index in [4.69, 9.17) is 18.9 Å². The number of benzene rings is 2. The van der Waals surface area contributed by atoms with Gasteiger partial charge in [-0.2, -0.15) is 0 Å². The van der Waals surface area contributed by atoms with Crippen LogP contribution in [0.1, 0.15) is 25.0 Å². The van der Waals surface area contributed by atoms with Crippen LogP contribution in [0, 0.1) is 93.7 Å². The van der Waals surface area contributed by atoms with E-state index in [2.05, 4.69) is 86.7 Å². The van der Waals surface area contributed by atoms with Gasteiger partial charge >= 0.3 is 23.9 Å². The molecule has 2 aromatic carbocycles. The van der Waals surface area contributed by atoms with Gasteiger partial charge in [-0.25, -0.2) is 0 Å². The number of fused-ring (bicyclic) bond motifs is 2. The Balaban J connectivity index is 1.35. The molecule has 52 heavy (non-hydrogen) atoms. The summed E-state index contributed by atoms with van der Waals surface area (Å²) in [6.07, 6.45) is 8.73. The number of rotatable bonds is 6. The van der Waals surface area contributed by atoms with Crippen LogP contribution in [0.25, 0.3) is 11.1 Å². The van der Waals surface area contributed by atoms with E-state index in [1.807, 2.05) is 12.1 Å². The van der Waals surface area contributed by atoms with E-state index in [1.54, 1.807) is 0 Å². The fourth-order valence-corrected chi connectivity index (χ4v) is 14.3. The first-order chi connectivity index (χ1) is 25.1. The quantitative estimate of drug-likeness (QED) is 0.201. The Hall–Kier alpha value is -4.46. The second-order valence-electron chi connectivity index (χ2n) is 16.6. The summed E-state index contributed by atoms with van der Waals surface area (Å²) in [5, 5.41) is 0. The van der Waals surface area contributed by atoms with Crippen molar-refractivity contribution in [3.8, 4) is 0 Å². The van der Waals surface area contributed by atoms with Crippen LogP contribution in [-0.4, -0.2) is 52.3 Å². The Labute approximate surface area is 304 Å². The van der Waals surface area contributed by atoms with Crippen molar-refractivity contribution >= 4 is 35.0 Å². The number of allylic oxidation sites excluding steroid dienone is 6. The zero-order chi connectivity index (χ0) is 36.4. The van der Waals surface area contributed by atoms with E-state index in [9.17, 15) is 19.2 Å². The molecule has 0 N–H and O–H groups in total. The lowest BCUT2D eigenvalue weighted by Gasteiger charge is -2.83. The maximum Gasteiger partial charge on any atom is 0.310 e. The van der Waals surface area contributed by atoms with E-state index >= 15 is 0 Å². The van der Waals surface area contributed by atoms with Gasteiger partial charge in [0.1, 0.15) is 0 Å². The van der Waals surface area contributed by atoms with Gasteiger partial charge in [0, 0.05) is 10.8 Å². The van der Waals surface area contributed by atoms with Gasteiger partial charge in [-0.3, -0.25) is 19.2 Å². The van der Waals surface area contributed by atoms with Crippen LogP contribution in [0.2, 0.25) is 0 Å². The van der Waals surface area contributed by atoms with Gasteiger partial charge in [-0.1, -0.05) is 98.8 Å². The molecule has 0 aromatic heterocycles. The standard InChI is InChI=1S/C44H46O8/c1-43-33(21-13-9-7-10-14-21)34(22-15-11-8-12-16-22)44(2,36-26-20-19-25(35(36)43)31(41(47)51-5)32(26)42(48)52-6)38-28-24-18-17-23(27(28)37(38)43)29(39(45)49-3)30(24)40(46)50-4/h7-20,23-32,35-38H,1-6H3/t23-,24+,25-,26-,27+,28+,29+,30-,31-,32-,35+,36+,37+,38+,43-,44-/m0/s1. The number of hydrogen-bond donors (Lipinski definition) is 0. The van der Waals surface area contributed by atoms with E-state index in [1.165, 1.54) is 39.6 Å². The minimum atomic E-state index is -0.686. The average molecular weight is 703 g/mol. The van der Waals surface area contributed by atoms with Crippen LogP contribution in [0.4, 0.5) is 0 Å². The predicted molar refractivity (Wildman–Crippen MR) is 191 cm³/mol. The Kier molecular flexibility index (Phi) is 7.39. The number of hydrogen-bond acceptors (Lipinski definition) is 8. The highest BCUT2D eigenvalue weighted by Crippen LogP contribution is 2.87. The number of methoxy groups -OCH3 is 4. The fourth-order valence-electron chi connectivity index (χ4n) is 14.3. The van der Waals surface area contributed by atoms with Crippen LogP contribution in [0.15, 0.2) is 85.0 Å². The molecule has 0 spiro atoms. The molecule has 4 saturated carbocycles. The van der Waals surface area contributed by atoms with Crippen molar-refractivity contribution in [1.82, 2.24) is 0 Å². The minimum absolute atomic E-state index is 0.0141. The maximum atomic E-state index is 13.9. The Morgan fingerprint density at radius 1 is 0.442 bits per heavy atom. The summed E-state index contributed by atoms with van der Waals surface area (Å²) in [7, 11) is 5.61. The average Bonchev–Trinajstić information content (AvgIpc) is 3.17. The molecule has 0 unspecified atom stereocenters. The van der Waals surface area contributed by atoms with Gasteiger partial charge in [0.05, 0.1) is 52.1 Å². The van der Waals surface area contributed by atoms with E-state index < -0.39 is 34.5 Å². The van der Waals surface area contributed by atoms with Crippen molar-refractivity contribution in [1.29, 1.82) is 0 Å². The first kappa shape index (κ1) is 33.4. The molecule has 270 valence electrons. The molecule has 8 heteroatoms. The molecule has 4 fully saturated rings. The summed E-state index contributed by atoms with van der Waals surface area (Å²) in [5.74, 6) is -4.72. The van der Waals surface area contributed by atoms with Gasteiger partial charge in [-0.15, -0.1) is 0 Å². The fraction of sp³-hybridized carbons (Fsp3) is 0.500. The molecule has 0 saturated heterocycles. The molecule has 0 amide bonds. The molecular weight excluding hydrogens is 656 g/mol. The van der Waals surface area contributed by atoms with Crippen LogP contribution < -0.4 is 0 Å². The summed E-state index contributed by atoms with van der Waals surface area (Å²) in [5.41, 5.74) is 3.88. The molecular formula is C44H46O8. The first-order valence-electron chi connectivity index (χ1n) is 18.6. The van der Waals surface area contributed by atoms with Gasteiger partial charge < -0.3 is 18.9 Å². The van der Waals surface area contributed by atoms with Crippen molar-refractivity contribution in [2.45, 2.75) is 13.8 Å². The third-order valence-electron chi connectivity index (χ3n) is 15.4. The lowest BCUT2D eigenvalue weighted by atomic mass is 9.20. The number of carbonyl (C=O) groups is 4. The highest BCUT2D eigenvalue weighted by Gasteiger charge is 2.83. The highest BCUT2D eigenvalue weighted by atomic mass is 16.5. The summed E-state index contributed by atoms with van der Waals surface area (Å²) >= 11 is 0. The summed E-state index contributed by atoms with van der Waals surface area (Å²) in [6.45, 7) is 4.82. The SMILES string of the molecule is COC(=O)[C@@H]1[C@H]2C=C[C@@H]([C@@H]1C(=O)OC)[C@@H]1[C@@H]2[C@@H]2[C@@H]1[C@@]1(C)C(c3ccccc3)=C(c3ccccc3)[C@@]2(C)[C@@H]2[C@H]3C=C[C@@H]([C@H](C(=O)OC)[C@H]3C(=O)OC)[C@H]21. The molecule has 16 atom stereocenters. The number of ether oxygens (including phenoxy) is 4. The first-order valence-corrected chi connectivity index (χ1v) is 18.6. The molecule has 2 aromatic rings. The molecule has 8 nitrogen and oxygen atoms in total. The van der Waals surface area contributed by atoms with Crippen LogP contribution in [0.5, 0.6) is 0 Å². The van der Waals surface area contributed by atoms with E-state index in [0.717, 1.165) is 11.1 Å². The van der Waals surface area contributed by atoms with E-state index in [-0.39, 0.29) is 83.1 Å². The predicted octanol–water partition coefficient (Wildman–Crippen LogP) is 6.14. The van der Waals surface area contributed by atoms with Gasteiger partial charge in [-0.05, 0) is 81.5 Å². The lowest BCUT2D eigenvalue weighted by molar-refractivity contribution is -0.291. The highest BCUT2D eigenvalue weighted by molar-refractivity contribution is 5.99. The molecule has 6 bridgehead atoms. The van der Waals surface area contributed by atoms with Crippen molar-refractivity contribution < 1.29 is 38.1 Å². The summed E-state index contributed by atoms with van der Waals surface area (Å²) < 4.78 is 21.8. The number of carbonyl (C=O) groups excluding carboxylic acids is 4. The van der Waals surface area contributed by atoms with Crippen molar-refractivity contribution in [2.24, 2.45) is 93.7 Å².